The molecule has 1 aromatic heterocycles. The molecule has 19 heavy (non-hydrogen) atoms. The van der Waals surface area contributed by atoms with Crippen molar-refractivity contribution in [1.82, 2.24) is 9.78 Å². The quantitative estimate of drug-likeness (QED) is 0.924. The summed E-state index contributed by atoms with van der Waals surface area (Å²) in [6, 6.07) is 5.97. The SMILES string of the molecule is CCn1cc(C2CC(N)c3cc(Br)ccc3O2)cn1. The molecular weight excluding hydrogens is 306 g/mol. The Kier molecular flexibility index (Phi) is 3.33. The molecule has 3 rings (SSSR count). The maximum Gasteiger partial charge on any atom is 0.129 e. The van der Waals surface area contributed by atoms with Crippen molar-refractivity contribution in [2.45, 2.75) is 32.0 Å². The molecule has 2 aromatic rings. The minimum atomic E-state index is -0.0102. The van der Waals surface area contributed by atoms with E-state index in [1.54, 1.807) is 0 Å². The van der Waals surface area contributed by atoms with Gasteiger partial charge < -0.3 is 10.5 Å². The molecular formula is C14H16BrN3O. The molecule has 1 aliphatic heterocycles. The van der Waals surface area contributed by atoms with E-state index in [0.29, 0.717) is 0 Å². The maximum absolute atomic E-state index is 6.25. The van der Waals surface area contributed by atoms with Crippen LogP contribution in [0.4, 0.5) is 0 Å². The van der Waals surface area contributed by atoms with Crippen LogP contribution in [0.5, 0.6) is 5.75 Å². The van der Waals surface area contributed by atoms with Crippen LogP contribution in [0.3, 0.4) is 0 Å². The molecule has 2 unspecified atom stereocenters. The van der Waals surface area contributed by atoms with E-state index in [4.69, 9.17) is 10.5 Å². The van der Waals surface area contributed by atoms with Crippen LogP contribution in [-0.4, -0.2) is 9.78 Å². The number of benzene rings is 1. The zero-order valence-corrected chi connectivity index (χ0v) is 12.3. The first kappa shape index (κ1) is 12.7. The van der Waals surface area contributed by atoms with Gasteiger partial charge in [-0.05, 0) is 25.1 Å². The first-order valence-corrected chi connectivity index (χ1v) is 7.20. The second kappa shape index (κ2) is 4.98. The highest BCUT2D eigenvalue weighted by molar-refractivity contribution is 9.10. The maximum atomic E-state index is 6.25. The van der Waals surface area contributed by atoms with Crippen molar-refractivity contribution >= 4 is 15.9 Å². The van der Waals surface area contributed by atoms with Gasteiger partial charge in [-0.3, -0.25) is 4.68 Å². The van der Waals surface area contributed by atoms with Gasteiger partial charge >= 0.3 is 0 Å². The van der Waals surface area contributed by atoms with E-state index in [1.165, 1.54) is 0 Å². The fraction of sp³-hybridized carbons (Fsp3) is 0.357. The molecule has 4 nitrogen and oxygen atoms in total. The van der Waals surface area contributed by atoms with Crippen LogP contribution in [0.1, 0.15) is 36.6 Å². The number of fused-ring (bicyclic) bond motifs is 1. The molecule has 0 amide bonds. The van der Waals surface area contributed by atoms with E-state index < -0.39 is 0 Å². The molecule has 5 heteroatoms. The van der Waals surface area contributed by atoms with E-state index in [0.717, 1.165) is 34.3 Å². The van der Waals surface area contributed by atoms with E-state index in [2.05, 4.69) is 28.0 Å². The summed E-state index contributed by atoms with van der Waals surface area (Å²) in [5, 5.41) is 4.29. The first-order chi connectivity index (χ1) is 9.17. The summed E-state index contributed by atoms with van der Waals surface area (Å²) >= 11 is 3.47. The van der Waals surface area contributed by atoms with Crippen molar-refractivity contribution in [3.05, 3.63) is 46.2 Å². The Morgan fingerprint density at radius 1 is 1.53 bits per heavy atom. The fourth-order valence-corrected chi connectivity index (χ4v) is 2.78. The summed E-state index contributed by atoms with van der Waals surface area (Å²) in [4.78, 5) is 0. The number of halogens is 1. The molecule has 0 fully saturated rings. The number of nitrogens with two attached hydrogens (primary N) is 1. The van der Waals surface area contributed by atoms with Crippen molar-refractivity contribution < 1.29 is 4.74 Å². The van der Waals surface area contributed by atoms with Crippen LogP contribution < -0.4 is 10.5 Å². The standard InChI is InChI=1S/C14H16BrN3O/c1-2-18-8-9(7-17-18)14-6-12(16)11-5-10(15)3-4-13(11)19-14/h3-5,7-8,12,14H,2,6,16H2,1H3. The van der Waals surface area contributed by atoms with Gasteiger partial charge in [-0.2, -0.15) is 5.10 Å². The monoisotopic (exact) mass is 321 g/mol. The van der Waals surface area contributed by atoms with Gasteiger partial charge in [-0.1, -0.05) is 15.9 Å². The molecule has 0 aliphatic carbocycles. The molecule has 0 radical (unpaired) electrons. The van der Waals surface area contributed by atoms with Crippen LogP contribution in [0.2, 0.25) is 0 Å². The molecule has 100 valence electrons. The summed E-state index contributed by atoms with van der Waals surface area (Å²) in [6.45, 7) is 2.93. The molecule has 0 saturated carbocycles. The van der Waals surface area contributed by atoms with Gasteiger partial charge in [-0.15, -0.1) is 0 Å². The van der Waals surface area contributed by atoms with Crippen LogP contribution in [0.15, 0.2) is 35.1 Å². The highest BCUT2D eigenvalue weighted by atomic mass is 79.9. The summed E-state index contributed by atoms with van der Waals surface area (Å²) in [6.07, 6.45) is 4.66. The van der Waals surface area contributed by atoms with Crippen molar-refractivity contribution in [3.8, 4) is 5.75 Å². The van der Waals surface area contributed by atoms with Crippen molar-refractivity contribution in [2.75, 3.05) is 0 Å². The number of aryl methyl sites for hydroxylation is 1. The number of ether oxygens (including phenoxy) is 1. The third-order valence-electron chi connectivity index (χ3n) is 3.46. The smallest absolute Gasteiger partial charge is 0.129 e. The molecule has 0 bridgehead atoms. The Bertz CT molecular complexity index is 596. The number of hydrogen-bond donors (Lipinski definition) is 1. The largest absolute Gasteiger partial charge is 0.485 e. The van der Waals surface area contributed by atoms with Crippen LogP contribution in [0.25, 0.3) is 0 Å². The number of rotatable bonds is 2. The average molecular weight is 322 g/mol. The minimum Gasteiger partial charge on any atom is -0.485 e. The van der Waals surface area contributed by atoms with Crippen LogP contribution >= 0.6 is 15.9 Å². The van der Waals surface area contributed by atoms with Gasteiger partial charge in [0.25, 0.3) is 0 Å². The Hall–Kier alpha value is -1.33. The van der Waals surface area contributed by atoms with Gasteiger partial charge in [-0.25, -0.2) is 0 Å². The molecule has 0 spiro atoms. The molecule has 2 N–H and O–H groups in total. The normalized spacial score (nSPS) is 21.8. The Morgan fingerprint density at radius 3 is 3.11 bits per heavy atom. The van der Waals surface area contributed by atoms with Crippen molar-refractivity contribution in [3.63, 3.8) is 0 Å². The zero-order valence-electron chi connectivity index (χ0n) is 10.7. The van der Waals surface area contributed by atoms with Gasteiger partial charge in [0.2, 0.25) is 0 Å². The minimum absolute atomic E-state index is 0.00349. The number of hydrogen-bond acceptors (Lipinski definition) is 3. The lowest BCUT2D eigenvalue weighted by atomic mass is 9.95. The van der Waals surface area contributed by atoms with Gasteiger partial charge in [0.1, 0.15) is 11.9 Å². The predicted octanol–water partition coefficient (Wildman–Crippen LogP) is 3.19. The lowest BCUT2D eigenvalue weighted by Crippen LogP contribution is -2.23. The van der Waals surface area contributed by atoms with E-state index in [9.17, 15) is 0 Å². The lowest BCUT2D eigenvalue weighted by molar-refractivity contribution is 0.161. The highest BCUT2D eigenvalue weighted by Gasteiger charge is 2.28. The summed E-state index contributed by atoms with van der Waals surface area (Å²) in [5.41, 5.74) is 8.41. The molecule has 1 aromatic carbocycles. The van der Waals surface area contributed by atoms with Crippen molar-refractivity contribution in [1.29, 1.82) is 0 Å². The van der Waals surface area contributed by atoms with Gasteiger partial charge in [0.05, 0.1) is 6.20 Å². The van der Waals surface area contributed by atoms with E-state index >= 15 is 0 Å². The lowest BCUT2D eigenvalue weighted by Gasteiger charge is -2.29. The van der Waals surface area contributed by atoms with Crippen molar-refractivity contribution in [2.24, 2.45) is 5.73 Å². The fourth-order valence-electron chi connectivity index (χ4n) is 2.40. The molecule has 2 atom stereocenters. The topological polar surface area (TPSA) is 53.1 Å². The third kappa shape index (κ3) is 2.40. The zero-order chi connectivity index (χ0) is 13.4. The molecule has 2 heterocycles. The molecule has 0 saturated heterocycles. The van der Waals surface area contributed by atoms with Crippen LogP contribution in [-0.2, 0) is 6.54 Å². The second-order valence-electron chi connectivity index (χ2n) is 4.76. The predicted molar refractivity (Wildman–Crippen MR) is 77.0 cm³/mol. The Balaban J connectivity index is 1.90. The van der Waals surface area contributed by atoms with Crippen LogP contribution in [0, 0.1) is 0 Å². The van der Waals surface area contributed by atoms with E-state index in [1.807, 2.05) is 35.3 Å². The third-order valence-corrected chi connectivity index (χ3v) is 3.95. The Morgan fingerprint density at radius 2 is 2.37 bits per heavy atom. The summed E-state index contributed by atoms with van der Waals surface area (Å²) in [5.74, 6) is 0.871. The summed E-state index contributed by atoms with van der Waals surface area (Å²) in [7, 11) is 0. The van der Waals surface area contributed by atoms with Gasteiger partial charge in [0.15, 0.2) is 0 Å². The number of nitrogens with zero attached hydrogens (tertiary/aromatic N) is 2. The van der Waals surface area contributed by atoms with E-state index in [-0.39, 0.29) is 12.1 Å². The number of aromatic nitrogens is 2. The highest BCUT2D eigenvalue weighted by Crippen LogP contribution is 2.40. The Labute approximate surface area is 120 Å². The summed E-state index contributed by atoms with van der Waals surface area (Å²) < 4.78 is 8.98. The van der Waals surface area contributed by atoms with Gasteiger partial charge in [0, 0.05) is 40.8 Å². The molecule has 1 aliphatic rings. The average Bonchev–Trinajstić information content (AvgIpc) is 2.88. The second-order valence-corrected chi connectivity index (χ2v) is 5.68. The first-order valence-electron chi connectivity index (χ1n) is 6.41.